The van der Waals surface area contributed by atoms with Gasteiger partial charge in [0.05, 0.1) is 0 Å². The Kier molecular flexibility index (Phi) is 3.06. The number of halogens is 1. The van der Waals surface area contributed by atoms with E-state index in [1.165, 1.54) is 21.1 Å². The summed E-state index contributed by atoms with van der Waals surface area (Å²) in [5.74, 6) is 0.677. The molecule has 0 radical (unpaired) electrons. The maximum absolute atomic E-state index is 2.43. The summed E-state index contributed by atoms with van der Waals surface area (Å²) in [6.45, 7) is 2.29. The molecule has 72 valence electrons. The number of hydrogen-bond acceptors (Lipinski definition) is 0. The van der Waals surface area contributed by atoms with Crippen molar-refractivity contribution in [3.63, 3.8) is 0 Å². The molecule has 0 N–H and O–H groups in total. The highest BCUT2D eigenvalue weighted by Gasteiger charge is 2.13. The van der Waals surface area contributed by atoms with Crippen LogP contribution in [-0.4, -0.2) is 0 Å². The molecule has 0 saturated carbocycles. The van der Waals surface area contributed by atoms with Gasteiger partial charge >= 0.3 is 0 Å². The molecule has 0 nitrogen and oxygen atoms in total. The van der Waals surface area contributed by atoms with Crippen LogP contribution < -0.4 is 0 Å². The lowest BCUT2D eigenvalue weighted by molar-refractivity contribution is 0.743. The van der Waals surface area contributed by atoms with Gasteiger partial charge in [-0.3, -0.25) is 0 Å². The Labute approximate surface area is 98.9 Å². The number of hydrogen-bond donors (Lipinski definition) is 0. The summed E-state index contributed by atoms with van der Waals surface area (Å²) in [6.07, 6.45) is 5.65. The van der Waals surface area contributed by atoms with Gasteiger partial charge < -0.3 is 0 Å². The topological polar surface area (TPSA) is 0 Å². The van der Waals surface area contributed by atoms with Crippen molar-refractivity contribution in [1.29, 1.82) is 0 Å². The molecule has 1 aromatic rings. The van der Waals surface area contributed by atoms with Crippen molar-refractivity contribution in [2.45, 2.75) is 13.3 Å². The molecule has 0 saturated heterocycles. The van der Waals surface area contributed by atoms with Crippen LogP contribution in [0, 0.1) is 5.92 Å². The lowest BCUT2D eigenvalue weighted by atomic mass is 9.91. The summed E-state index contributed by atoms with van der Waals surface area (Å²) in [4.78, 5) is 0. The van der Waals surface area contributed by atoms with Crippen LogP contribution in [0.1, 0.15) is 18.9 Å². The van der Waals surface area contributed by atoms with E-state index >= 15 is 0 Å². The van der Waals surface area contributed by atoms with E-state index < -0.39 is 0 Å². The third-order valence-corrected chi connectivity index (χ3v) is 4.01. The van der Waals surface area contributed by atoms with Gasteiger partial charge in [-0.05, 0) is 49.6 Å². The van der Waals surface area contributed by atoms with Crippen molar-refractivity contribution in [3.8, 4) is 0 Å². The lowest BCUT2D eigenvalue weighted by Crippen LogP contribution is -2.00. The van der Waals surface area contributed by atoms with Crippen LogP contribution in [0.3, 0.4) is 0 Å². The molecule has 1 atom stereocenters. The number of rotatable bonds is 1. The Morgan fingerprint density at radius 2 is 1.86 bits per heavy atom. The minimum atomic E-state index is 0.677. The fourth-order valence-electron chi connectivity index (χ4n) is 1.71. The summed E-state index contributed by atoms with van der Waals surface area (Å²) >= 11 is 2.43. The highest BCUT2D eigenvalue weighted by atomic mass is 127. The molecule has 2 rings (SSSR count). The predicted octanol–water partition coefficient (Wildman–Crippen LogP) is 4.43. The minimum absolute atomic E-state index is 0.677. The molecule has 0 aromatic heterocycles. The van der Waals surface area contributed by atoms with Gasteiger partial charge in [0.15, 0.2) is 0 Å². The Balaban J connectivity index is 2.30. The molecule has 14 heavy (non-hydrogen) atoms. The van der Waals surface area contributed by atoms with Crippen molar-refractivity contribution in [3.05, 3.63) is 51.6 Å². The zero-order valence-corrected chi connectivity index (χ0v) is 10.4. The summed E-state index contributed by atoms with van der Waals surface area (Å²) < 4.78 is 1.46. The maximum atomic E-state index is 2.43. The first-order valence-electron chi connectivity index (χ1n) is 4.89. The normalized spacial score (nSPS) is 21.4. The molecule has 0 spiro atoms. The summed E-state index contributed by atoms with van der Waals surface area (Å²) in [6, 6.07) is 10.6. The van der Waals surface area contributed by atoms with Crippen LogP contribution in [0.2, 0.25) is 0 Å². The SMILES string of the molecule is CC1CC(c2ccccc2)=CC=C1I. The Morgan fingerprint density at radius 1 is 1.14 bits per heavy atom. The van der Waals surface area contributed by atoms with Crippen LogP contribution in [0.4, 0.5) is 0 Å². The molecular formula is C13H13I. The standard InChI is InChI=1S/C13H13I/c1-10-9-12(7-8-13(10)14)11-5-3-2-4-6-11/h2-8,10H,9H2,1H3. The molecule has 1 aromatic carbocycles. The van der Waals surface area contributed by atoms with E-state index in [1.54, 1.807) is 0 Å². The van der Waals surface area contributed by atoms with E-state index in [-0.39, 0.29) is 0 Å². The van der Waals surface area contributed by atoms with Crippen molar-refractivity contribution in [1.82, 2.24) is 0 Å². The Bertz CT molecular complexity index is 373. The Hall–Kier alpha value is -0.570. The molecule has 0 aliphatic heterocycles. The molecule has 1 aliphatic carbocycles. The van der Waals surface area contributed by atoms with E-state index in [2.05, 4.69) is 72.0 Å². The smallest absolute Gasteiger partial charge is 0.00624 e. The molecule has 0 fully saturated rings. The summed E-state index contributed by atoms with van der Waals surface area (Å²) in [5.41, 5.74) is 2.82. The van der Waals surface area contributed by atoms with Gasteiger partial charge in [-0.15, -0.1) is 0 Å². The van der Waals surface area contributed by atoms with E-state index in [0.717, 1.165) is 0 Å². The maximum Gasteiger partial charge on any atom is -0.00624 e. The highest BCUT2D eigenvalue weighted by Crippen LogP contribution is 2.33. The van der Waals surface area contributed by atoms with Crippen molar-refractivity contribution >= 4 is 28.2 Å². The van der Waals surface area contributed by atoms with Crippen molar-refractivity contribution in [2.24, 2.45) is 5.92 Å². The van der Waals surface area contributed by atoms with E-state index in [9.17, 15) is 0 Å². The van der Waals surface area contributed by atoms with E-state index in [4.69, 9.17) is 0 Å². The van der Waals surface area contributed by atoms with E-state index in [1.807, 2.05) is 0 Å². The highest BCUT2D eigenvalue weighted by molar-refractivity contribution is 14.1. The van der Waals surface area contributed by atoms with Crippen LogP contribution in [-0.2, 0) is 0 Å². The zero-order valence-electron chi connectivity index (χ0n) is 8.20. The molecule has 1 unspecified atom stereocenters. The molecule has 0 heterocycles. The summed E-state index contributed by atoms with van der Waals surface area (Å²) in [7, 11) is 0. The third-order valence-electron chi connectivity index (χ3n) is 2.59. The quantitative estimate of drug-likeness (QED) is 0.673. The second kappa shape index (κ2) is 4.30. The van der Waals surface area contributed by atoms with Crippen molar-refractivity contribution in [2.75, 3.05) is 0 Å². The van der Waals surface area contributed by atoms with Gasteiger partial charge in [-0.1, -0.05) is 49.4 Å². The average Bonchev–Trinajstić information content (AvgIpc) is 2.23. The minimum Gasteiger partial charge on any atom is -0.0622 e. The van der Waals surface area contributed by atoms with E-state index in [0.29, 0.717) is 5.92 Å². The molecule has 1 aliphatic rings. The van der Waals surface area contributed by atoms with Gasteiger partial charge in [-0.2, -0.15) is 0 Å². The van der Waals surface area contributed by atoms with Crippen LogP contribution in [0.15, 0.2) is 46.1 Å². The second-order valence-corrected chi connectivity index (χ2v) is 4.96. The molecule has 0 amide bonds. The van der Waals surface area contributed by atoms with Gasteiger partial charge in [0.2, 0.25) is 0 Å². The second-order valence-electron chi connectivity index (χ2n) is 3.71. The van der Waals surface area contributed by atoms with Gasteiger partial charge in [0.1, 0.15) is 0 Å². The van der Waals surface area contributed by atoms with Crippen LogP contribution in [0.5, 0.6) is 0 Å². The fourth-order valence-corrected chi connectivity index (χ4v) is 2.11. The molecule has 0 bridgehead atoms. The largest absolute Gasteiger partial charge is 0.0622 e. The monoisotopic (exact) mass is 296 g/mol. The van der Waals surface area contributed by atoms with Gasteiger partial charge in [0, 0.05) is 0 Å². The first kappa shape index (κ1) is 9.97. The molecular weight excluding hydrogens is 283 g/mol. The van der Waals surface area contributed by atoms with Gasteiger partial charge in [-0.25, -0.2) is 0 Å². The Morgan fingerprint density at radius 3 is 2.50 bits per heavy atom. The third kappa shape index (κ3) is 2.08. The van der Waals surface area contributed by atoms with Crippen LogP contribution in [0.25, 0.3) is 5.57 Å². The fraction of sp³-hybridized carbons (Fsp3) is 0.231. The zero-order chi connectivity index (χ0) is 9.97. The predicted molar refractivity (Wildman–Crippen MR) is 70.3 cm³/mol. The lowest BCUT2D eigenvalue weighted by Gasteiger charge is -2.18. The first-order chi connectivity index (χ1) is 6.77. The molecule has 1 heteroatoms. The van der Waals surface area contributed by atoms with Crippen LogP contribution >= 0.6 is 22.6 Å². The average molecular weight is 296 g/mol. The summed E-state index contributed by atoms with van der Waals surface area (Å²) in [5, 5.41) is 0. The first-order valence-corrected chi connectivity index (χ1v) is 5.97. The number of benzene rings is 1. The number of allylic oxidation sites excluding steroid dienone is 4. The van der Waals surface area contributed by atoms with Crippen molar-refractivity contribution < 1.29 is 0 Å². The van der Waals surface area contributed by atoms with Gasteiger partial charge in [0.25, 0.3) is 0 Å².